The number of carbonyl (C=O) groups is 1. The van der Waals surface area contributed by atoms with Crippen molar-refractivity contribution >= 4 is 17.6 Å². The number of aryl methyl sites for hydroxylation is 2. The molecule has 0 amide bonds. The molecule has 0 atom stereocenters. The van der Waals surface area contributed by atoms with Gasteiger partial charge in [0.1, 0.15) is 5.69 Å². The number of methoxy groups -OCH3 is 1. The summed E-state index contributed by atoms with van der Waals surface area (Å²) in [5.41, 5.74) is 6.54. The molecule has 0 saturated carbocycles. The maximum atomic E-state index is 11.6. The summed E-state index contributed by atoms with van der Waals surface area (Å²) in [6, 6.07) is 10.3. The van der Waals surface area contributed by atoms with Crippen LogP contribution in [-0.2, 0) is 11.2 Å². The number of aromatic nitrogens is 1. The van der Waals surface area contributed by atoms with Gasteiger partial charge in [0, 0.05) is 5.69 Å². The van der Waals surface area contributed by atoms with Crippen LogP contribution in [0.15, 0.2) is 30.3 Å². The van der Waals surface area contributed by atoms with E-state index in [2.05, 4.69) is 42.2 Å². The van der Waals surface area contributed by atoms with E-state index in [1.165, 1.54) is 23.8 Å². The van der Waals surface area contributed by atoms with Gasteiger partial charge in [0.15, 0.2) is 0 Å². The molecular formula is C17H17NO2. The van der Waals surface area contributed by atoms with Crippen LogP contribution in [0.5, 0.6) is 0 Å². The zero-order chi connectivity index (χ0) is 14.1. The van der Waals surface area contributed by atoms with E-state index < -0.39 is 0 Å². The molecule has 0 bridgehead atoms. The van der Waals surface area contributed by atoms with E-state index in [9.17, 15) is 4.79 Å². The van der Waals surface area contributed by atoms with Crippen LogP contribution in [0.1, 0.15) is 39.3 Å². The standard InChI is InChI=1S/C17H17NO2/c1-11-4-3-5-12(8-11)9-13-6-7-15-14(13)10-16(18-15)17(19)20-2/h3-5,8-10,18H,6-7H2,1-2H3/b13-9+. The van der Waals surface area contributed by atoms with E-state index in [0.717, 1.165) is 24.1 Å². The second-order valence-corrected chi connectivity index (χ2v) is 5.15. The van der Waals surface area contributed by atoms with Crippen LogP contribution in [0.25, 0.3) is 11.6 Å². The third kappa shape index (κ3) is 2.27. The molecule has 3 rings (SSSR count). The quantitative estimate of drug-likeness (QED) is 0.845. The lowest BCUT2D eigenvalue weighted by atomic mass is 10.0. The topological polar surface area (TPSA) is 42.1 Å². The molecule has 102 valence electrons. The number of benzene rings is 1. The van der Waals surface area contributed by atoms with Crippen molar-refractivity contribution in [3.63, 3.8) is 0 Å². The SMILES string of the molecule is COC(=O)c1cc2c([nH]1)CC/C2=C\c1cccc(C)c1. The molecule has 1 aromatic carbocycles. The lowest BCUT2D eigenvalue weighted by Gasteiger charge is -2.00. The smallest absolute Gasteiger partial charge is 0.354 e. The van der Waals surface area contributed by atoms with Crippen LogP contribution < -0.4 is 0 Å². The highest BCUT2D eigenvalue weighted by molar-refractivity contribution is 5.92. The molecule has 0 spiro atoms. The highest BCUT2D eigenvalue weighted by Gasteiger charge is 2.21. The predicted octanol–water partition coefficient (Wildman–Crippen LogP) is 3.60. The van der Waals surface area contributed by atoms with Crippen molar-refractivity contribution in [3.8, 4) is 0 Å². The Bertz CT molecular complexity index is 695. The molecule has 3 nitrogen and oxygen atoms in total. The van der Waals surface area contributed by atoms with Crippen LogP contribution in [0.4, 0.5) is 0 Å². The lowest BCUT2D eigenvalue weighted by molar-refractivity contribution is 0.0594. The van der Waals surface area contributed by atoms with Gasteiger partial charge in [-0.2, -0.15) is 0 Å². The summed E-state index contributed by atoms with van der Waals surface area (Å²) in [5.74, 6) is -0.311. The monoisotopic (exact) mass is 267 g/mol. The van der Waals surface area contributed by atoms with Gasteiger partial charge in [-0.15, -0.1) is 0 Å². The molecule has 0 fully saturated rings. The van der Waals surface area contributed by atoms with E-state index >= 15 is 0 Å². The molecular weight excluding hydrogens is 250 g/mol. The van der Waals surface area contributed by atoms with Gasteiger partial charge in [0.05, 0.1) is 7.11 Å². The molecule has 3 heteroatoms. The Kier molecular flexibility index (Phi) is 3.18. The number of carbonyl (C=O) groups excluding carboxylic acids is 1. The summed E-state index contributed by atoms with van der Waals surface area (Å²) >= 11 is 0. The fourth-order valence-electron chi connectivity index (χ4n) is 2.71. The van der Waals surface area contributed by atoms with Crippen LogP contribution >= 0.6 is 0 Å². The van der Waals surface area contributed by atoms with Gasteiger partial charge in [0.2, 0.25) is 0 Å². The molecule has 1 N–H and O–H groups in total. The first-order chi connectivity index (χ1) is 9.67. The summed E-state index contributed by atoms with van der Waals surface area (Å²) in [5, 5.41) is 0. The minimum atomic E-state index is -0.311. The van der Waals surface area contributed by atoms with Gasteiger partial charge < -0.3 is 9.72 Å². The van der Waals surface area contributed by atoms with Crippen molar-refractivity contribution in [2.24, 2.45) is 0 Å². The Balaban J connectivity index is 1.96. The van der Waals surface area contributed by atoms with Gasteiger partial charge in [-0.05, 0) is 42.5 Å². The number of allylic oxidation sites excluding steroid dienone is 1. The Morgan fingerprint density at radius 1 is 1.30 bits per heavy atom. The molecule has 20 heavy (non-hydrogen) atoms. The van der Waals surface area contributed by atoms with Crippen LogP contribution in [0, 0.1) is 6.92 Å². The number of nitrogens with one attached hydrogen (secondary N) is 1. The highest BCUT2D eigenvalue weighted by atomic mass is 16.5. The lowest BCUT2D eigenvalue weighted by Crippen LogP contribution is -2.01. The number of H-pyrrole nitrogens is 1. The summed E-state index contributed by atoms with van der Waals surface area (Å²) in [6.07, 6.45) is 4.16. The average molecular weight is 267 g/mol. The Hall–Kier alpha value is -2.29. The van der Waals surface area contributed by atoms with E-state index in [4.69, 9.17) is 4.74 Å². The van der Waals surface area contributed by atoms with Crippen molar-refractivity contribution in [1.82, 2.24) is 4.98 Å². The Labute approximate surface area is 118 Å². The molecule has 0 aliphatic heterocycles. The van der Waals surface area contributed by atoms with Gasteiger partial charge in [0.25, 0.3) is 0 Å². The summed E-state index contributed by atoms with van der Waals surface area (Å²) in [4.78, 5) is 14.7. The predicted molar refractivity (Wildman–Crippen MR) is 79.5 cm³/mol. The Morgan fingerprint density at radius 2 is 2.15 bits per heavy atom. The van der Waals surface area contributed by atoms with E-state index in [1.54, 1.807) is 0 Å². The first-order valence-electron chi connectivity index (χ1n) is 6.75. The normalized spacial score (nSPS) is 15.4. The molecule has 1 aliphatic carbocycles. The largest absolute Gasteiger partial charge is 0.464 e. The van der Waals surface area contributed by atoms with E-state index in [0.29, 0.717) is 5.69 Å². The average Bonchev–Trinajstić information content (AvgIpc) is 3.00. The third-order valence-corrected chi connectivity index (χ3v) is 3.68. The van der Waals surface area contributed by atoms with Crippen molar-refractivity contribution < 1.29 is 9.53 Å². The molecule has 0 saturated heterocycles. The van der Waals surface area contributed by atoms with E-state index in [1.807, 2.05) is 6.07 Å². The van der Waals surface area contributed by atoms with E-state index in [-0.39, 0.29) is 5.97 Å². The molecule has 0 radical (unpaired) electrons. The highest BCUT2D eigenvalue weighted by Crippen LogP contribution is 2.34. The van der Waals surface area contributed by atoms with Crippen LogP contribution in [-0.4, -0.2) is 18.1 Å². The molecule has 1 aromatic heterocycles. The number of ether oxygens (including phenoxy) is 1. The van der Waals surface area contributed by atoms with Gasteiger partial charge in [-0.3, -0.25) is 0 Å². The van der Waals surface area contributed by atoms with Gasteiger partial charge >= 0.3 is 5.97 Å². The van der Waals surface area contributed by atoms with Gasteiger partial charge in [-0.25, -0.2) is 4.79 Å². The molecule has 1 heterocycles. The number of rotatable bonds is 2. The number of aromatic amines is 1. The summed E-state index contributed by atoms with van der Waals surface area (Å²) in [7, 11) is 1.40. The second-order valence-electron chi connectivity index (χ2n) is 5.15. The zero-order valence-electron chi connectivity index (χ0n) is 11.7. The molecule has 1 aliphatic rings. The molecule has 0 unspecified atom stereocenters. The molecule has 2 aromatic rings. The number of hydrogen-bond donors (Lipinski definition) is 1. The fourth-order valence-corrected chi connectivity index (χ4v) is 2.71. The minimum absolute atomic E-state index is 0.311. The summed E-state index contributed by atoms with van der Waals surface area (Å²) in [6.45, 7) is 2.09. The van der Waals surface area contributed by atoms with Crippen molar-refractivity contribution in [1.29, 1.82) is 0 Å². The number of hydrogen-bond acceptors (Lipinski definition) is 2. The first kappa shape index (κ1) is 12.7. The fraction of sp³-hybridized carbons (Fsp3) is 0.235. The zero-order valence-corrected chi connectivity index (χ0v) is 11.7. The Morgan fingerprint density at radius 3 is 2.90 bits per heavy atom. The number of esters is 1. The van der Waals surface area contributed by atoms with Gasteiger partial charge in [-0.1, -0.05) is 35.9 Å². The second kappa shape index (κ2) is 5.00. The maximum absolute atomic E-state index is 11.6. The van der Waals surface area contributed by atoms with Crippen LogP contribution in [0.3, 0.4) is 0 Å². The van der Waals surface area contributed by atoms with Crippen molar-refractivity contribution in [3.05, 3.63) is 58.4 Å². The van der Waals surface area contributed by atoms with Crippen molar-refractivity contribution in [2.75, 3.05) is 7.11 Å². The van der Waals surface area contributed by atoms with Crippen LogP contribution in [0.2, 0.25) is 0 Å². The number of fused-ring (bicyclic) bond motifs is 1. The first-order valence-corrected chi connectivity index (χ1v) is 6.75. The third-order valence-electron chi connectivity index (χ3n) is 3.68. The van der Waals surface area contributed by atoms with Crippen molar-refractivity contribution in [2.45, 2.75) is 19.8 Å². The minimum Gasteiger partial charge on any atom is -0.464 e. The summed E-state index contributed by atoms with van der Waals surface area (Å²) < 4.78 is 4.75. The maximum Gasteiger partial charge on any atom is 0.354 e.